The Labute approximate surface area is 118 Å². The summed E-state index contributed by atoms with van der Waals surface area (Å²) in [6, 6.07) is 1.52. The van der Waals surface area contributed by atoms with E-state index < -0.39 is 6.10 Å². The molecule has 1 saturated heterocycles. The second-order valence-corrected chi connectivity index (χ2v) is 5.33. The summed E-state index contributed by atoms with van der Waals surface area (Å²) in [4.78, 5) is 17.9. The van der Waals surface area contributed by atoms with Gasteiger partial charge >= 0.3 is 0 Å². The fraction of sp³-hybridized carbons (Fsp3) is 0.692. The predicted molar refractivity (Wildman–Crippen MR) is 73.4 cm³/mol. The minimum atomic E-state index is -0.556. The topological polar surface area (TPSA) is 73.1 Å². The highest BCUT2D eigenvalue weighted by molar-refractivity contribution is 5.91. The summed E-state index contributed by atoms with van der Waals surface area (Å²) in [6.45, 7) is 4.81. The maximum atomic E-state index is 11.9. The van der Waals surface area contributed by atoms with Crippen LogP contribution in [0.1, 0.15) is 10.5 Å². The van der Waals surface area contributed by atoms with E-state index in [0.717, 1.165) is 26.2 Å². The molecule has 0 aliphatic carbocycles. The molecule has 20 heavy (non-hydrogen) atoms. The molecular formula is C13H22N4O3. The van der Waals surface area contributed by atoms with Crippen LogP contribution in [0.15, 0.2) is 16.9 Å². The Morgan fingerprint density at radius 2 is 2.20 bits per heavy atom. The van der Waals surface area contributed by atoms with Crippen molar-refractivity contribution in [3.63, 3.8) is 0 Å². The van der Waals surface area contributed by atoms with Gasteiger partial charge in [0.25, 0.3) is 5.91 Å². The number of aliphatic hydroxyl groups is 1. The van der Waals surface area contributed by atoms with Gasteiger partial charge in [0.2, 0.25) is 0 Å². The van der Waals surface area contributed by atoms with Crippen LogP contribution < -0.4 is 0 Å². The lowest BCUT2D eigenvalue weighted by Crippen LogP contribution is -2.49. The van der Waals surface area contributed by atoms with Gasteiger partial charge in [0.15, 0.2) is 5.69 Å². The summed E-state index contributed by atoms with van der Waals surface area (Å²) < 4.78 is 4.65. The third kappa shape index (κ3) is 4.03. The largest absolute Gasteiger partial charge is 0.390 e. The number of aliphatic hydroxyl groups excluding tert-OH is 1. The number of amides is 1. The van der Waals surface area contributed by atoms with E-state index in [4.69, 9.17) is 0 Å². The lowest BCUT2D eigenvalue weighted by molar-refractivity contribution is 0.0496. The van der Waals surface area contributed by atoms with Crippen LogP contribution in [0.2, 0.25) is 0 Å². The van der Waals surface area contributed by atoms with Gasteiger partial charge in [-0.05, 0) is 7.05 Å². The SMILES string of the molecule is CN1CCN(CC(O)CN(C)C(=O)c2ccon2)CC1. The maximum absolute atomic E-state index is 11.9. The molecule has 1 aliphatic rings. The van der Waals surface area contributed by atoms with Gasteiger partial charge in [0.05, 0.1) is 6.10 Å². The Bertz CT molecular complexity index is 415. The fourth-order valence-electron chi connectivity index (χ4n) is 2.30. The molecule has 7 nitrogen and oxygen atoms in total. The van der Waals surface area contributed by atoms with Crippen LogP contribution in [0.4, 0.5) is 0 Å². The van der Waals surface area contributed by atoms with Gasteiger partial charge in [-0.25, -0.2) is 0 Å². The zero-order valence-corrected chi connectivity index (χ0v) is 12.0. The number of piperazine rings is 1. The third-order valence-corrected chi connectivity index (χ3v) is 3.55. The van der Waals surface area contributed by atoms with Crippen LogP contribution in [0.5, 0.6) is 0 Å². The van der Waals surface area contributed by atoms with Gasteiger partial charge in [-0.3, -0.25) is 9.69 Å². The molecule has 112 valence electrons. The first kappa shape index (κ1) is 15.0. The number of likely N-dealkylation sites (N-methyl/N-ethyl adjacent to an activating group) is 2. The van der Waals surface area contributed by atoms with Crippen LogP contribution >= 0.6 is 0 Å². The third-order valence-electron chi connectivity index (χ3n) is 3.55. The highest BCUT2D eigenvalue weighted by atomic mass is 16.5. The van der Waals surface area contributed by atoms with Crippen molar-refractivity contribution in [3.05, 3.63) is 18.0 Å². The lowest BCUT2D eigenvalue weighted by Gasteiger charge is -2.34. The second kappa shape index (κ2) is 6.83. The number of nitrogens with zero attached hydrogens (tertiary/aromatic N) is 4. The van der Waals surface area contributed by atoms with Crippen molar-refractivity contribution in [3.8, 4) is 0 Å². The Morgan fingerprint density at radius 3 is 2.80 bits per heavy atom. The molecule has 1 fully saturated rings. The van der Waals surface area contributed by atoms with Gasteiger partial charge in [0, 0.05) is 52.4 Å². The van der Waals surface area contributed by atoms with Gasteiger partial charge in [0.1, 0.15) is 6.26 Å². The Kier molecular flexibility index (Phi) is 5.11. The van der Waals surface area contributed by atoms with Crippen LogP contribution in [0, 0.1) is 0 Å². The first-order valence-electron chi connectivity index (χ1n) is 6.81. The van der Waals surface area contributed by atoms with E-state index in [1.165, 1.54) is 17.2 Å². The van der Waals surface area contributed by atoms with E-state index in [-0.39, 0.29) is 18.1 Å². The zero-order chi connectivity index (χ0) is 14.5. The van der Waals surface area contributed by atoms with Crippen molar-refractivity contribution in [2.75, 3.05) is 53.4 Å². The summed E-state index contributed by atoms with van der Waals surface area (Å²) in [5, 5.41) is 13.7. The minimum absolute atomic E-state index is 0.240. The smallest absolute Gasteiger partial charge is 0.275 e. The molecule has 2 rings (SSSR count). The summed E-state index contributed by atoms with van der Waals surface area (Å²) in [7, 11) is 3.75. The average molecular weight is 282 g/mol. The fourth-order valence-corrected chi connectivity index (χ4v) is 2.30. The van der Waals surface area contributed by atoms with Gasteiger partial charge in [-0.15, -0.1) is 0 Å². The van der Waals surface area contributed by atoms with Crippen molar-refractivity contribution in [1.82, 2.24) is 19.9 Å². The van der Waals surface area contributed by atoms with E-state index in [0.29, 0.717) is 6.54 Å². The molecule has 2 heterocycles. The summed E-state index contributed by atoms with van der Waals surface area (Å²) in [6.07, 6.45) is 0.807. The Balaban J connectivity index is 1.76. The molecule has 0 saturated carbocycles. The molecule has 7 heteroatoms. The van der Waals surface area contributed by atoms with Crippen molar-refractivity contribution >= 4 is 5.91 Å². The molecule has 1 aliphatic heterocycles. The first-order chi connectivity index (χ1) is 9.56. The molecule has 0 spiro atoms. The monoisotopic (exact) mass is 282 g/mol. The molecule has 1 N–H and O–H groups in total. The zero-order valence-electron chi connectivity index (χ0n) is 12.0. The normalized spacial score (nSPS) is 18.9. The number of rotatable bonds is 5. The quantitative estimate of drug-likeness (QED) is 0.774. The lowest BCUT2D eigenvalue weighted by atomic mass is 10.2. The summed E-state index contributed by atoms with van der Waals surface area (Å²) in [5.74, 6) is -0.240. The molecule has 0 aromatic carbocycles. The van der Waals surface area contributed by atoms with Crippen molar-refractivity contribution in [1.29, 1.82) is 0 Å². The second-order valence-electron chi connectivity index (χ2n) is 5.33. The first-order valence-corrected chi connectivity index (χ1v) is 6.81. The molecule has 1 aromatic heterocycles. The number of carbonyl (C=O) groups is 1. The number of hydrogen-bond acceptors (Lipinski definition) is 6. The molecule has 1 aromatic rings. The number of hydrogen-bond donors (Lipinski definition) is 1. The number of carbonyl (C=O) groups excluding carboxylic acids is 1. The Morgan fingerprint density at radius 1 is 1.50 bits per heavy atom. The molecule has 1 unspecified atom stereocenters. The molecule has 0 radical (unpaired) electrons. The minimum Gasteiger partial charge on any atom is -0.390 e. The van der Waals surface area contributed by atoms with Crippen molar-refractivity contribution < 1.29 is 14.4 Å². The number of β-amino-alcohol motifs (C(OH)–C–C–N with tert-alkyl or cyclic N) is 1. The molecule has 0 bridgehead atoms. The van der Waals surface area contributed by atoms with Crippen LogP contribution in [0.25, 0.3) is 0 Å². The Hall–Kier alpha value is -1.44. The van der Waals surface area contributed by atoms with E-state index in [1.807, 2.05) is 0 Å². The molecular weight excluding hydrogens is 260 g/mol. The molecule has 1 amide bonds. The average Bonchev–Trinajstić information content (AvgIpc) is 2.94. The standard InChI is InChI=1S/C13H22N4O3/c1-15-4-6-17(7-5-15)10-11(18)9-16(2)13(19)12-3-8-20-14-12/h3,8,11,18H,4-7,9-10H2,1-2H3. The van der Waals surface area contributed by atoms with E-state index >= 15 is 0 Å². The van der Waals surface area contributed by atoms with Gasteiger partial charge in [-0.2, -0.15) is 0 Å². The summed E-state index contributed by atoms with van der Waals surface area (Å²) >= 11 is 0. The highest BCUT2D eigenvalue weighted by Gasteiger charge is 2.21. The number of aromatic nitrogens is 1. The predicted octanol–water partition coefficient (Wildman–Crippen LogP) is -0.645. The summed E-state index contributed by atoms with van der Waals surface area (Å²) in [5.41, 5.74) is 0.263. The maximum Gasteiger partial charge on any atom is 0.275 e. The van der Waals surface area contributed by atoms with E-state index in [1.54, 1.807) is 7.05 Å². The van der Waals surface area contributed by atoms with E-state index in [9.17, 15) is 9.90 Å². The highest BCUT2D eigenvalue weighted by Crippen LogP contribution is 2.04. The van der Waals surface area contributed by atoms with Crippen LogP contribution in [0.3, 0.4) is 0 Å². The van der Waals surface area contributed by atoms with Crippen LogP contribution in [-0.4, -0.2) is 90.3 Å². The van der Waals surface area contributed by atoms with Crippen molar-refractivity contribution in [2.45, 2.75) is 6.10 Å². The van der Waals surface area contributed by atoms with Gasteiger partial charge < -0.3 is 19.4 Å². The molecule has 1 atom stereocenters. The van der Waals surface area contributed by atoms with Crippen molar-refractivity contribution in [2.24, 2.45) is 0 Å². The van der Waals surface area contributed by atoms with Crippen LogP contribution in [-0.2, 0) is 0 Å². The van der Waals surface area contributed by atoms with E-state index in [2.05, 4.69) is 26.5 Å². The van der Waals surface area contributed by atoms with Gasteiger partial charge in [-0.1, -0.05) is 5.16 Å².